The molecule has 0 spiro atoms. The Morgan fingerprint density at radius 3 is 2.13 bits per heavy atom. The summed E-state index contributed by atoms with van der Waals surface area (Å²) in [5, 5.41) is 0. The molecule has 0 saturated heterocycles. The van der Waals surface area contributed by atoms with E-state index in [1.54, 1.807) is 11.1 Å². The minimum absolute atomic E-state index is 0. The Morgan fingerprint density at radius 2 is 1.60 bits per heavy atom. The molecule has 0 N–H and O–H groups in total. The van der Waals surface area contributed by atoms with Crippen molar-refractivity contribution in [3.05, 3.63) is 28.3 Å². The van der Waals surface area contributed by atoms with Crippen LogP contribution in [0.15, 0.2) is 6.07 Å². The Morgan fingerprint density at radius 1 is 1.07 bits per heavy atom. The van der Waals surface area contributed by atoms with Crippen LogP contribution in [0.25, 0.3) is 0 Å². The Bertz CT molecular complexity index is 255. The summed E-state index contributed by atoms with van der Waals surface area (Å²) in [6.07, 6.45) is 5.46. The maximum atomic E-state index is 2.34. The molecule has 2 rings (SSSR count). The molecule has 15 heavy (non-hydrogen) atoms. The van der Waals surface area contributed by atoms with Crippen molar-refractivity contribution in [1.29, 1.82) is 0 Å². The minimum Gasteiger partial charge on any atom is -1.00 e. The summed E-state index contributed by atoms with van der Waals surface area (Å²) in [5.74, 6) is 0. The number of aryl methyl sites for hydroxylation is 2. The van der Waals surface area contributed by atoms with Gasteiger partial charge < -0.3 is 37.2 Å². The Labute approximate surface area is 126 Å². The maximum Gasteiger partial charge on any atom is 4.00 e. The summed E-state index contributed by atoms with van der Waals surface area (Å²) >= 11 is 0. The monoisotopic (exact) mass is 300 g/mol. The minimum atomic E-state index is 0. The van der Waals surface area contributed by atoms with Gasteiger partial charge >= 0.3 is 21.7 Å². The van der Waals surface area contributed by atoms with Gasteiger partial charge in [0.1, 0.15) is 0 Å². The third kappa shape index (κ3) is 4.36. The molecule has 4 heteroatoms. The number of rotatable bonds is 0. The van der Waals surface area contributed by atoms with Crippen LogP contribution >= 0.6 is 0 Å². The first-order valence-electron chi connectivity index (χ1n) is 4.53. The van der Waals surface area contributed by atoms with E-state index in [9.17, 15) is 0 Å². The number of halogens is 3. The molecule has 0 unspecified atom stereocenters. The van der Waals surface area contributed by atoms with Crippen molar-refractivity contribution in [3.8, 4) is 0 Å². The molecule has 84 valence electrons. The van der Waals surface area contributed by atoms with Crippen LogP contribution in [0.2, 0.25) is 0 Å². The average molecular weight is 301 g/mol. The summed E-state index contributed by atoms with van der Waals surface area (Å²) in [4.78, 5) is 0. The third-order valence-corrected chi connectivity index (χ3v) is 2.85. The van der Waals surface area contributed by atoms with Gasteiger partial charge in [0.05, 0.1) is 0 Å². The number of hydrogen-bond donors (Lipinski definition) is 0. The molecular weight excluding hydrogens is 286 g/mol. The van der Waals surface area contributed by atoms with Gasteiger partial charge in [-0.05, 0) is 0 Å². The van der Waals surface area contributed by atoms with Crippen LogP contribution < -0.4 is 37.2 Å². The molecule has 0 aliphatic heterocycles. The van der Waals surface area contributed by atoms with Gasteiger partial charge in [0.15, 0.2) is 0 Å². The van der Waals surface area contributed by atoms with Gasteiger partial charge in [0.2, 0.25) is 0 Å². The predicted molar refractivity (Wildman–Crippen MR) is 48.2 cm³/mol. The molecule has 0 aromatic heterocycles. The first-order chi connectivity index (χ1) is 5.29. The van der Waals surface area contributed by atoms with E-state index in [0.29, 0.717) is 0 Å². The van der Waals surface area contributed by atoms with E-state index in [1.807, 2.05) is 0 Å². The fourth-order valence-corrected chi connectivity index (χ4v) is 2.27. The van der Waals surface area contributed by atoms with Gasteiger partial charge in [-0.2, -0.15) is 28.3 Å². The smallest absolute Gasteiger partial charge is 1.00 e. The van der Waals surface area contributed by atoms with Crippen LogP contribution in [-0.4, -0.2) is 0 Å². The van der Waals surface area contributed by atoms with E-state index in [2.05, 4.69) is 19.9 Å². The molecule has 0 atom stereocenters. The van der Waals surface area contributed by atoms with Crippen molar-refractivity contribution >= 4 is 0 Å². The van der Waals surface area contributed by atoms with Crippen molar-refractivity contribution < 1.29 is 58.9 Å². The first kappa shape index (κ1) is 21.2. The largest absolute Gasteiger partial charge is 4.00 e. The van der Waals surface area contributed by atoms with E-state index >= 15 is 0 Å². The van der Waals surface area contributed by atoms with Gasteiger partial charge in [-0.15, -0.1) is 0 Å². The zero-order valence-electron chi connectivity index (χ0n) is 9.04. The summed E-state index contributed by atoms with van der Waals surface area (Å²) in [5.41, 5.74) is 6.37. The molecule has 0 fully saturated rings. The molecule has 0 heterocycles. The summed E-state index contributed by atoms with van der Waals surface area (Å²) in [6, 6.07) is 2.34. The normalized spacial score (nSPS) is 12.1. The molecule has 1 aliphatic rings. The van der Waals surface area contributed by atoms with Crippen LogP contribution in [0.3, 0.4) is 0 Å². The summed E-state index contributed by atoms with van der Waals surface area (Å²) < 4.78 is 0. The standard InChI is InChI=1S/C11H15.3ClH.Ti/c1-8-7-9(2)11-6-4-3-5-10(8)11;;;;/h7H,3-6H2,1-2H3;3*1H;/q-1;;;;+4/p-3. The predicted octanol–water partition coefficient (Wildman–Crippen LogP) is -6.09. The second-order valence-corrected chi connectivity index (χ2v) is 3.67. The summed E-state index contributed by atoms with van der Waals surface area (Å²) in [7, 11) is 0. The molecule has 0 nitrogen and oxygen atoms in total. The van der Waals surface area contributed by atoms with Crippen molar-refractivity contribution in [3.63, 3.8) is 0 Å². The van der Waals surface area contributed by atoms with Crippen molar-refractivity contribution in [2.75, 3.05) is 0 Å². The molecule has 0 radical (unpaired) electrons. The fourth-order valence-electron chi connectivity index (χ4n) is 2.27. The van der Waals surface area contributed by atoms with Gasteiger partial charge in [0.25, 0.3) is 0 Å². The van der Waals surface area contributed by atoms with E-state index < -0.39 is 0 Å². The average Bonchev–Trinajstić information content (AvgIpc) is 2.30. The Hall–Kier alpha value is 0.934. The SMILES string of the molecule is Cc1c[c-](C)c2c1CCCC2.[Cl-].[Cl-].[Cl-].[Ti+4]. The van der Waals surface area contributed by atoms with Crippen LogP contribution in [0.5, 0.6) is 0 Å². The second kappa shape index (κ2) is 9.02. The summed E-state index contributed by atoms with van der Waals surface area (Å²) in [6.45, 7) is 4.49. The van der Waals surface area contributed by atoms with E-state index in [-0.39, 0.29) is 58.9 Å². The van der Waals surface area contributed by atoms with Crippen LogP contribution in [-0.2, 0) is 34.6 Å². The van der Waals surface area contributed by atoms with E-state index in [0.717, 1.165) is 0 Å². The van der Waals surface area contributed by atoms with Gasteiger partial charge in [0, 0.05) is 0 Å². The number of fused-ring (bicyclic) bond motifs is 1. The molecule has 0 bridgehead atoms. The molecule has 1 aliphatic carbocycles. The Kier molecular flexibility index (Phi) is 12.8. The van der Waals surface area contributed by atoms with Crippen molar-refractivity contribution in [2.45, 2.75) is 39.5 Å². The van der Waals surface area contributed by atoms with Gasteiger partial charge in [-0.1, -0.05) is 39.5 Å². The van der Waals surface area contributed by atoms with Crippen LogP contribution in [0.4, 0.5) is 0 Å². The molecule has 1 aromatic carbocycles. The van der Waals surface area contributed by atoms with E-state index in [4.69, 9.17) is 0 Å². The van der Waals surface area contributed by atoms with Crippen molar-refractivity contribution in [1.82, 2.24) is 0 Å². The third-order valence-electron chi connectivity index (χ3n) is 2.85. The molecule has 0 amide bonds. The van der Waals surface area contributed by atoms with Gasteiger partial charge in [-0.3, -0.25) is 0 Å². The Balaban J connectivity index is -0.000000360. The van der Waals surface area contributed by atoms with Crippen LogP contribution in [0.1, 0.15) is 35.1 Å². The van der Waals surface area contributed by atoms with Crippen molar-refractivity contribution in [2.24, 2.45) is 0 Å². The molecule has 1 aromatic rings. The fraction of sp³-hybridized carbons (Fsp3) is 0.545. The maximum absolute atomic E-state index is 2.34. The van der Waals surface area contributed by atoms with Crippen LogP contribution in [0, 0.1) is 13.8 Å². The zero-order valence-corrected chi connectivity index (χ0v) is 12.9. The number of hydrogen-bond acceptors (Lipinski definition) is 0. The second-order valence-electron chi connectivity index (χ2n) is 3.67. The van der Waals surface area contributed by atoms with E-state index in [1.165, 1.54) is 36.8 Å². The topological polar surface area (TPSA) is 0 Å². The quantitative estimate of drug-likeness (QED) is 0.331. The molecular formula is C11H15Cl3Ti. The van der Waals surface area contributed by atoms with Gasteiger partial charge in [-0.25, -0.2) is 0 Å². The first-order valence-corrected chi connectivity index (χ1v) is 4.53. The molecule has 0 saturated carbocycles. The zero-order chi connectivity index (χ0) is 7.84.